The van der Waals surface area contributed by atoms with Crippen LogP contribution in [-0.2, 0) is 11.3 Å². The molecule has 142 valence electrons. The SMILES string of the molecule is Cc1ccc(OCC(O)CN(Cc2sccc2C)CC2CCCO2)cc1. The molecule has 1 fully saturated rings. The molecule has 2 heterocycles. The fraction of sp³-hybridized carbons (Fsp3) is 0.524. The molecule has 4 nitrogen and oxygen atoms in total. The van der Waals surface area contributed by atoms with Crippen molar-refractivity contribution in [1.82, 2.24) is 4.90 Å². The van der Waals surface area contributed by atoms with Crippen LogP contribution in [0.2, 0.25) is 0 Å². The van der Waals surface area contributed by atoms with E-state index in [1.807, 2.05) is 31.2 Å². The molecule has 0 bridgehead atoms. The second-order valence-corrected chi connectivity index (χ2v) is 8.13. The molecule has 0 spiro atoms. The molecule has 2 aromatic rings. The monoisotopic (exact) mass is 375 g/mol. The van der Waals surface area contributed by atoms with Gasteiger partial charge in [-0.05, 0) is 55.8 Å². The third-order valence-corrected chi connectivity index (χ3v) is 5.76. The van der Waals surface area contributed by atoms with E-state index in [2.05, 4.69) is 23.3 Å². The minimum absolute atomic E-state index is 0.278. The summed E-state index contributed by atoms with van der Waals surface area (Å²) in [4.78, 5) is 3.66. The second kappa shape index (κ2) is 9.51. The smallest absolute Gasteiger partial charge is 0.119 e. The van der Waals surface area contributed by atoms with E-state index in [0.717, 1.165) is 38.3 Å². The van der Waals surface area contributed by atoms with E-state index in [1.54, 1.807) is 11.3 Å². The summed E-state index contributed by atoms with van der Waals surface area (Å²) >= 11 is 1.78. The van der Waals surface area contributed by atoms with Gasteiger partial charge in [-0.3, -0.25) is 4.90 Å². The molecule has 0 aliphatic carbocycles. The molecule has 2 unspecified atom stereocenters. The highest BCUT2D eigenvalue weighted by Gasteiger charge is 2.22. The van der Waals surface area contributed by atoms with Crippen LogP contribution in [0.1, 0.15) is 28.8 Å². The lowest BCUT2D eigenvalue weighted by Crippen LogP contribution is -2.39. The van der Waals surface area contributed by atoms with Crippen molar-refractivity contribution in [3.63, 3.8) is 0 Å². The number of benzene rings is 1. The quantitative estimate of drug-likeness (QED) is 0.724. The lowest BCUT2D eigenvalue weighted by atomic mass is 10.2. The Morgan fingerprint density at radius 1 is 1.27 bits per heavy atom. The number of thiophene rings is 1. The Balaban J connectivity index is 1.54. The van der Waals surface area contributed by atoms with E-state index in [1.165, 1.54) is 16.0 Å². The number of aliphatic hydroxyl groups excluding tert-OH is 1. The van der Waals surface area contributed by atoms with Crippen LogP contribution in [0.3, 0.4) is 0 Å². The van der Waals surface area contributed by atoms with Crippen molar-refractivity contribution >= 4 is 11.3 Å². The van der Waals surface area contributed by atoms with E-state index in [4.69, 9.17) is 9.47 Å². The number of ether oxygens (including phenoxy) is 2. The topological polar surface area (TPSA) is 41.9 Å². The largest absolute Gasteiger partial charge is 0.491 e. The van der Waals surface area contributed by atoms with E-state index in [9.17, 15) is 5.11 Å². The van der Waals surface area contributed by atoms with E-state index in [0.29, 0.717) is 13.2 Å². The van der Waals surface area contributed by atoms with Gasteiger partial charge in [0.2, 0.25) is 0 Å². The van der Waals surface area contributed by atoms with Crippen LogP contribution < -0.4 is 4.74 Å². The maximum absolute atomic E-state index is 10.5. The summed E-state index contributed by atoms with van der Waals surface area (Å²) in [6.07, 6.45) is 1.99. The molecular formula is C21H29NO3S. The van der Waals surface area contributed by atoms with Crippen molar-refractivity contribution in [2.75, 3.05) is 26.3 Å². The third kappa shape index (κ3) is 5.81. The Hall–Kier alpha value is -1.40. The first-order valence-corrected chi connectivity index (χ1v) is 10.2. The molecule has 1 aromatic carbocycles. The van der Waals surface area contributed by atoms with Crippen LogP contribution in [0.4, 0.5) is 0 Å². The summed E-state index contributed by atoms with van der Waals surface area (Å²) in [7, 11) is 0. The first kappa shape index (κ1) is 19.4. The van der Waals surface area contributed by atoms with Crippen LogP contribution in [-0.4, -0.2) is 48.5 Å². The van der Waals surface area contributed by atoms with Crippen LogP contribution in [0, 0.1) is 13.8 Å². The highest BCUT2D eigenvalue weighted by molar-refractivity contribution is 7.10. The molecule has 0 amide bonds. The van der Waals surface area contributed by atoms with Crippen molar-refractivity contribution in [2.45, 2.75) is 45.4 Å². The summed E-state index contributed by atoms with van der Waals surface area (Å²) in [5, 5.41) is 12.6. The Morgan fingerprint density at radius 2 is 2.08 bits per heavy atom. The molecule has 1 saturated heterocycles. The number of aryl methyl sites for hydroxylation is 2. The Labute approximate surface area is 160 Å². The predicted octanol–water partition coefficient (Wildman–Crippen LogP) is 3.79. The van der Waals surface area contributed by atoms with Crippen LogP contribution in [0.25, 0.3) is 0 Å². The van der Waals surface area contributed by atoms with Gasteiger partial charge in [-0.2, -0.15) is 0 Å². The van der Waals surface area contributed by atoms with E-state index in [-0.39, 0.29) is 6.10 Å². The molecular weight excluding hydrogens is 346 g/mol. The van der Waals surface area contributed by atoms with Gasteiger partial charge in [0.15, 0.2) is 0 Å². The number of aliphatic hydroxyl groups is 1. The number of rotatable bonds is 9. The number of hydrogen-bond acceptors (Lipinski definition) is 5. The van der Waals surface area contributed by atoms with Crippen LogP contribution in [0.15, 0.2) is 35.7 Å². The first-order chi connectivity index (χ1) is 12.6. The molecule has 1 N–H and O–H groups in total. The Morgan fingerprint density at radius 3 is 2.73 bits per heavy atom. The minimum atomic E-state index is -0.530. The summed E-state index contributed by atoms with van der Waals surface area (Å²) < 4.78 is 11.6. The Bertz CT molecular complexity index is 664. The minimum Gasteiger partial charge on any atom is -0.491 e. The van der Waals surface area contributed by atoms with Crippen molar-refractivity contribution in [3.8, 4) is 5.75 Å². The lowest BCUT2D eigenvalue weighted by Gasteiger charge is -2.27. The molecule has 0 radical (unpaired) electrons. The summed E-state index contributed by atoms with van der Waals surface area (Å²) in [5.41, 5.74) is 2.52. The summed E-state index contributed by atoms with van der Waals surface area (Å²) in [6, 6.07) is 10.1. The molecule has 1 aliphatic rings. The Kier molecular flexibility index (Phi) is 7.08. The van der Waals surface area contributed by atoms with E-state index >= 15 is 0 Å². The second-order valence-electron chi connectivity index (χ2n) is 7.13. The van der Waals surface area contributed by atoms with Gasteiger partial charge < -0.3 is 14.6 Å². The zero-order valence-electron chi connectivity index (χ0n) is 15.7. The van der Waals surface area contributed by atoms with Gasteiger partial charge in [0, 0.05) is 31.1 Å². The van der Waals surface area contributed by atoms with Gasteiger partial charge in [-0.1, -0.05) is 17.7 Å². The highest BCUT2D eigenvalue weighted by atomic mass is 32.1. The molecule has 0 saturated carbocycles. The van der Waals surface area contributed by atoms with Gasteiger partial charge in [-0.25, -0.2) is 0 Å². The standard InChI is InChI=1S/C21H29NO3S/c1-16-5-7-19(8-6-16)25-15-18(23)12-22(13-20-4-3-10-24-20)14-21-17(2)9-11-26-21/h5-9,11,18,20,23H,3-4,10,12-15H2,1-2H3. The van der Waals surface area contributed by atoms with Gasteiger partial charge in [0.25, 0.3) is 0 Å². The van der Waals surface area contributed by atoms with Gasteiger partial charge in [-0.15, -0.1) is 11.3 Å². The summed E-state index contributed by atoms with van der Waals surface area (Å²) in [6.45, 7) is 7.65. The molecule has 1 aliphatic heterocycles. The normalized spacial score (nSPS) is 18.4. The fourth-order valence-electron chi connectivity index (χ4n) is 3.23. The van der Waals surface area contributed by atoms with Gasteiger partial charge >= 0.3 is 0 Å². The zero-order valence-corrected chi connectivity index (χ0v) is 16.5. The van der Waals surface area contributed by atoms with Crippen LogP contribution in [0.5, 0.6) is 5.75 Å². The molecule has 1 aromatic heterocycles. The third-order valence-electron chi connectivity index (χ3n) is 4.75. The molecule has 26 heavy (non-hydrogen) atoms. The van der Waals surface area contributed by atoms with Crippen LogP contribution >= 0.6 is 11.3 Å². The van der Waals surface area contributed by atoms with Crippen molar-refractivity contribution in [2.24, 2.45) is 0 Å². The van der Waals surface area contributed by atoms with Crippen molar-refractivity contribution < 1.29 is 14.6 Å². The average Bonchev–Trinajstić information content (AvgIpc) is 3.27. The lowest BCUT2D eigenvalue weighted by molar-refractivity contribution is 0.0316. The van der Waals surface area contributed by atoms with Gasteiger partial charge in [0.05, 0.1) is 6.10 Å². The average molecular weight is 376 g/mol. The maximum atomic E-state index is 10.5. The van der Waals surface area contributed by atoms with Crippen molar-refractivity contribution in [3.05, 3.63) is 51.7 Å². The first-order valence-electron chi connectivity index (χ1n) is 9.34. The van der Waals surface area contributed by atoms with E-state index < -0.39 is 6.10 Å². The zero-order chi connectivity index (χ0) is 18.4. The highest BCUT2D eigenvalue weighted by Crippen LogP contribution is 2.20. The predicted molar refractivity (Wildman–Crippen MR) is 106 cm³/mol. The van der Waals surface area contributed by atoms with Gasteiger partial charge in [0.1, 0.15) is 18.5 Å². The number of nitrogens with zero attached hydrogens (tertiary/aromatic N) is 1. The maximum Gasteiger partial charge on any atom is 0.119 e. The molecule has 5 heteroatoms. The number of hydrogen-bond donors (Lipinski definition) is 1. The molecule has 3 rings (SSSR count). The summed E-state index contributed by atoms with van der Waals surface area (Å²) in [5.74, 6) is 0.800. The fourth-order valence-corrected chi connectivity index (χ4v) is 4.17. The molecule has 2 atom stereocenters. The van der Waals surface area contributed by atoms with Crippen molar-refractivity contribution in [1.29, 1.82) is 0 Å².